The first-order valence-corrected chi connectivity index (χ1v) is 11.6. The quantitative estimate of drug-likeness (QED) is 0.590. The minimum absolute atomic E-state index is 0.206. The highest BCUT2D eigenvalue weighted by atomic mass is 16.6. The molecule has 10 heteroatoms. The van der Waals surface area contributed by atoms with Crippen LogP contribution in [-0.4, -0.2) is 56.9 Å². The fourth-order valence-electron chi connectivity index (χ4n) is 5.26. The average Bonchev–Trinajstić information content (AvgIpc) is 3.36. The summed E-state index contributed by atoms with van der Waals surface area (Å²) in [4.78, 5) is 35.1. The molecule has 0 aliphatic carbocycles. The third-order valence-corrected chi connectivity index (χ3v) is 7.00. The second-order valence-corrected chi connectivity index (χ2v) is 9.79. The fourth-order valence-corrected chi connectivity index (χ4v) is 5.26. The van der Waals surface area contributed by atoms with Gasteiger partial charge in [-0.3, -0.25) is 4.79 Å². The van der Waals surface area contributed by atoms with Crippen LogP contribution in [0.4, 0.5) is 10.6 Å². The molecule has 2 aromatic heterocycles. The molecule has 0 bridgehead atoms. The van der Waals surface area contributed by atoms with Crippen LogP contribution in [0, 0.1) is 0 Å². The molecule has 10 nitrogen and oxygen atoms in total. The minimum atomic E-state index is -0.620. The van der Waals surface area contributed by atoms with Gasteiger partial charge in [-0.15, -0.1) is 0 Å². The Bertz CT molecular complexity index is 1310. The van der Waals surface area contributed by atoms with E-state index < -0.39 is 11.2 Å². The number of nitrogens with zero attached hydrogens (tertiary/aromatic N) is 5. The lowest BCUT2D eigenvalue weighted by Gasteiger charge is -2.37. The normalized spacial score (nSPS) is 20.7. The molecule has 2 fully saturated rings. The molecule has 3 aliphatic heterocycles. The van der Waals surface area contributed by atoms with E-state index in [-0.39, 0.29) is 18.5 Å². The molecule has 1 spiro atoms. The van der Waals surface area contributed by atoms with Crippen LogP contribution >= 0.6 is 0 Å². The molecule has 3 aliphatic rings. The SMILES string of the molecule is CC1(C)OC(=O)Cc2cc(Cc3nc4c(N5CCC6(CC5)CNC(=O)O6)nccn4n3)ccc21. The predicted octanol–water partition coefficient (Wildman–Crippen LogP) is 2.13. The zero-order valence-electron chi connectivity index (χ0n) is 19.2. The van der Waals surface area contributed by atoms with Crippen molar-refractivity contribution in [3.63, 3.8) is 0 Å². The number of carbonyl (C=O) groups excluding carboxylic acids is 2. The number of hydrogen-bond acceptors (Lipinski definition) is 8. The van der Waals surface area contributed by atoms with Gasteiger partial charge in [0.05, 0.1) is 13.0 Å². The Balaban J connectivity index is 1.24. The molecule has 34 heavy (non-hydrogen) atoms. The Morgan fingerprint density at radius 2 is 1.97 bits per heavy atom. The van der Waals surface area contributed by atoms with Gasteiger partial charge in [0.1, 0.15) is 11.2 Å². The van der Waals surface area contributed by atoms with Gasteiger partial charge in [0.2, 0.25) is 0 Å². The van der Waals surface area contributed by atoms with Crippen molar-refractivity contribution in [3.8, 4) is 0 Å². The first-order valence-electron chi connectivity index (χ1n) is 11.6. The number of aromatic nitrogens is 4. The first kappa shape index (κ1) is 20.9. The predicted molar refractivity (Wildman–Crippen MR) is 122 cm³/mol. The van der Waals surface area contributed by atoms with Crippen LogP contribution in [0.2, 0.25) is 0 Å². The highest BCUT2D eigenvalue weighted by Gasteiger charge is 2.43. The number of piperidine rings is 1. The monoisotopic (exact) mass is 462 g/mol. The van der Waals surface area contributed by atoms with Gasteiger partial charge in [-0.25, -0.2) is 19.3 Å². The van der Waals surface area contributed by atoms with Crippen LogP contribution in [0.5, 0.6) is 0 Å². The molecule has 0 atom stereocenters. The van der Waals surface area contributed by atoms with Crippen molar-refractivity contribution < 1.29 is 19.1 Å². The number of benzene rings is 1. The van der Waals surface area contributed by atoms with E-state index in [1.54, 1.807) is 16.9 Å². The number of alkyl carbamates (subject to hydrolysis) is 1. The molecule has 5 heterocycles. The van der Waals surface area contributed by atoms with Crippen LogP contribution in [0.25, 0.3) is 5.65 Å². The number of anilines is 1. The number of ether oxygens (including phenoxy) is 2. The van der Waals surface area contributed by atoms with Crippen LogP contribution in [-0.2, 0) is 32.7 Å². The Kier molecular flexibility index (Phi) is 4.55. The molecule has 0 unspecified atom stereocenters. The fraction of sp³-hybridized carbons (Fsp3) is 0.458. The second kappa shape index (κ2) is 7.41. The maximum atomic E-state index is 12.0. The highest BCUT2D eigenvalue weighted by molar-refractivity contribution is 5.76. The number of amides is 1. The van der Waals surface area contributed by atoms with E-state index in [1.165, 1.54) is 0 Å². The van der Waals surface area contributed by atoms with Crippen molar-refractivity contribution in [2.75, 3.05) is 24.5 Å². The maximum Gasteiger partial charge on any atom is 0.407 e. The van der Waals surface area contributed by atoms with E-state index in [2.05, 4.69) is 26.4 Å². The van der Waals surface area contributed by atoms with Crippen molar-refractivity contribution in [2.24, 2.45) is 0 Å². The Morgan fingerprint density at radius 1 is 1.15 bits per heavy atom. The summed E-state index contributed by atoms with van der Waals surface area (Å²) < 4.78 is 12.8. The summed E-state index contributed by atoms with van der Waals surface area (Å²) in [6.07, 6.45) is 5.50. The van der Waals surface area contributed by atoms with E-state index in [1.807, 2.05) is 26.0 Å². The Morgan fingerprint density at radius 3 is 2.74 bits per heavy atom. The minimum Gasteiger partial charge on any atom is -0.455 e. The zero-order chi connectivity index (χ0) is 23.5. The van der Waals surface area contributed by atoms with Gasteiger partial charge in [-0.2, -0.15) is 5.10 Å². The van der Waals surface area contributed by atoms with Crippen molar-refractivity contribution in [2.45, 2.75) is 50.7 Å². The molecule has 0 saturated carbocycles. The lowest BCUT2D eigenvalue weighted by molar-refractivity contribution is -0.158. The average molecular weight is 463 g/mol. The third-order valence-electron chi connectivity index (χ3n) is 7.00. The van der Waals surface area contributed by atoms with Gasteiger partial charge in [0.15, 0.2) is 17.3 Å². The van der Waals surface area contributed by atoms with Crippen LogP contribution < -0.4 is 10.2 Å². The summed E-state index contributed by atoms with van der Waals surface area (Å²) >= 11 is 0. The van der Waals surface area contributed by atoms with Gasteiger partial charge >= 0.3 is 12.1 Å². The van der Waals surface area contributed by atoms with Crippen molar-refractivity contribution in [1.29, 1.82) is 0 Å². The number of esters is 1. The summed E-state index contributed by atoms with van der Waals surface area (Å²) in [7, 11) is 0. The van der Waals surface area contributed by atoms with E-state index >= 15 is 0 Å². The molecule has 176 valence electrons. The molecule has 3 aromatic rings. The summed E-state index contributed by atoms with van der Waals surface area (Å²) in [6, 6.07) is 6.14. The molecular formula is C24H26N6O4. The number of cyclic esters (lactones) is 1. The number of carbonyl (C=O) groups is 2. The summed E-state index contributed by atoms with van der Waals surface area (Å²) in [5.74, 6) is 1.26. The van der Waals surface area contributed by atoms with E-state index in [0.29, 0.717) is 24.4 Å². The van der Waals surface area contributed by atoms with E-state index in [4.69, 9.17) is 14.5 Å². The highest BCUT2D eigenvalue weighted by Crippen LogP contribution is 2.34. The van der Waals surface area contributed by atoms with Crippen molar-refractivity contribution >= 4 is 23.5 Å². The smallest absolute Gasteiger partial charge is 0.407 e. The van der Waals surface area contributed by atoms with Crippen LogP contribution in [0.1, 0.15) is 49.2 Å². The van der Waals surface area contributed by atoms with Gasteiger partial charge in [0, 0.05) is 44.7 Å². The van der Waals surface area contributed by atoms with Crippen LogP contribution in [0.3, 0.4) is 0 Å². The summed E-state index contributed by atoms with van der Waals surface area (Å²) in [6.45, 7) is 5.83. The first-order chi connectivity index (χ1) is 16.3. The molecule has 2 saturated heterocycles. The lowest BCUT2D eigenvalue weighted by Crippen LogP contribution is -2.47. The molecule has 1 N–H and O–H groups in total. The van der Waals surface area contributed by atoms with Crippen molar-refractivity contribution in [3.05, 3.63) is 53.1 Å². The maximum absolute atomic E-state index is 12.0. The second-order valence-electron chi connectivity index (χ2n) is 9.79. The van der Waals surface area contributed by atoms with Gasteiger partial charge in [0.25, 0.3) is 0 Å². The van der Waals surface area contributed by atoms with Gasteiger partial charge in [-0.05, 0) is 30.5 Å². The van der Waals surface area contributed by atoms with E-state index in [0.717, 1.165) is 48.4 Å². The molecule has 1 aromatic carbocycles. The van der Waals surface area contributed by atoms with Crippen molar-refractivity contribution in [1.82, 2.24) is 24.9 Å². The summed E-state index contributed by atoms with van der Waals surface area (Å²) in [5.41, 5.74) is 2.75. The lowest BCUT2D eigenvalue weighted by atomic mass is 9.87. The largest absolute Gasteiger partial charge is 0.455 e. The topological polar surface area (TPSA) is 111 Å². The molecule has 1 amide bonds. The Hall–Kier alpha value is -3.69. The third kappa shape index (κ3) is 3.53. The summed E-state index contributed by atoms with van der Waals surface area (Å²) in [5, 5.41) is 7.44. The number of hydrogen-bond donors (Lipinski definition) is 1. The zero-order valence-corrected chi connectivity index (χ0v) is 19.2. The van der Waals surface area contributed by atoms with Crippen LogP contribution in [0.15, 0.2) is 30.6 Å². The standard InChI is InChI=1S/C24H26N6O4/c1-23(2)17-4-3-15(11-16(17)13-19(31)33-23)12-18-27-21-20(25-7-10-30(21)28-18)29-8-5-24(6-9-29)14-26-22(32)34-24/h3-4,7,10-11H,5-6,8-9,12-14H2,1-2H3,(H,26,32). The van der Waals surface area contributed by atoms with Gasteiger partial charge < -0.3 is 19.7 Å². The number of rotatable bonds is 3. The van der Waals surface area contributed by atoms with Gasteiger partial charge in [-0.1, -0.05) is 18.2 Å². The molecule has 0 radical (unpaired) electrons. The van der Waals surface area contributed by atoms with E-state index in [9.17, 15) is 9.59 Å². The number of nitrogens with one attached hydrogen (secondary N) is 1. The number of fused-ring (bicyclic) bond motifs is 2. The molecular weight excluding hydrogens is 436 g/mol. The molecule has 6 rings (SSSR count). The Labute approximate surface area is 196 Å².